The van der Waals surface area contributed by atoms with E-state index in [1.165, 1.54) is 24.0 Å². The van der Waals surface area contributed by atoms with Gasteiger partial charge in [-0.3, -0.25) is 4.99 Å². The number of anilines is 1. The van der Waals surface area contributed by atoms with Gasteiger partial charge in [0.15, 0.2) is 0 Å². The Morgan fingerprint density at radius 2 is 1.85 bits per heavy atom. The smallest absolute Gasteiger partial charge is 0.134 e. The third-order valence-electron chi connectivity index (χ3n) is 5.44. The maximum atomic E-state index is 14.7. The minimum Gasteiger partial charge on any atom is -0.365 e. The molecule has 2 aromatic carbocycles. The summed E-state index contributed by atoms with van der Waals surface area (Å²) in [7, 11) is 2.01. The summed E-state index contributed by atoms with van der Waals surface area (Å²) in [6.45, 7) is 8.55. The first-order valence-corrected chi connectivity index (χ1v) is 9.72. The first-order valence-electron chi connectivity index (χ1n) is 9.72. The SMILES string of the molecule is CCCCc1ccc(N=Cc2cc3c(cc2F)N(C)C(C)(C)C=C3C)cc1. The van der Waals surface area contributed by atoms with Crippen molar-refractivity contribution < 1.29 is 4.39 Å². The number of allylic oxidation sites excluding steroid dienone is 1. The number of unbranched alkanes of at least 4 members (excludes halogenated alkanes) is 1. The normalized spacial score (nSPS) is 15.8. The van der Waals surface area contributed by atoms with E-state index in [1.807, 2.05) is 25.2 Å². The van der Waals surface area contributed by atoms with Crippen LogP contribution in [0.2, 0.25) is 0 Å². The van der Waals surface area contributed by atoms with E-state index in [4.69, 9.17) is 0 Å². The molecule has 27 heavy (non-hydrogen) atoms. The molecular weight excluding hydrogens is 335 g/mol. The lowest BCUT2D eigenvalue weighted by Gasteiger charge is -2.40. The van der Waals surface area contributed by atoms with Gasteiger partial charge in [0.1, 0.15) is 5.82 Å². The number of halogens is 1. The molecule has 0 radical (unpaired) electrons. The number of rotatable bonds is 5. The summed E-state index contributed by atoms with van der Waals surface area (Å²) in [6.07, 6.45) is 7.33. The lowest BCUT2D eigenvalue weighted by Crippen LogP contribution is -2.42. The summed E-state index contributed by atoms with van der Waals surface area (Å²) >= 11 is 0. The monoisotopic (exact) mass is 364 g/mol. The van der Waals surface area contributed by atoms with Gasteiger partial charge < -0.3 is 4.90 Å². The molecule has 3 heteroatoms. The molecule has 0 aliphatic carbocycles. The van der Waals surface area contributed by atoms with Gasteiger partial charge in [0.2, 0.25) is 0 Å². The quantitative estimate of drug-likeness (QED) is 0.549. The molecule has 0 fully saturated rings. The van der Waals surface area contributed by atoms with Crippen molar-refractivity contribution in [3.05, 3.63) is 65.0 Å². The van der Waals surface area contributed by atoms with Gasteiger partial charge in [-0.2, -0.15) is 0 Å². The number of aliphatic imine (C=N–C) groups is 1. The maximum absolute atomic E-state index is 14.7. The van der Waals surface area contributed by atoms with Crippen LogP contribution in [0.1, 0.15) is 57.2 Å². The van der Waals surface area contributed by atoms with Crippen LogP contribution in [0.3, 0.4) is 0 Å². The molecule has 2 aromatic rings. The van der Waals surface area contributed by atoms with Crippen LogP contribution in [0.4, 0.5) is 15.8 Å². The molecule has 1 heterocycles. The number of benzene rings is 2. The van der Waals surface area contributed by atoms with Gasteiger partial charge in [-0.05, 0) is 69.0 Å². The van der Waals surface area contributed by atoms with Crippen molar-refractivity contribution in [2.75, 3.05) is 11.9 Å². The Morgan fingerprint density at radius 3 is 2.52 bits per heavy atom. The lowest BCUT2D eigenvalue weighted by molar-refractivity contribution is 0.589. The fraction of sp³-hybridized carbons (Fsp3) is 0.375. The second-order valence-electron chi connectivity index (χ2n) is 7.96. The third kappa shape index (κ3) is 4.13. The minimum atomic E-state index is -0.241. The Bertz CT molecular complexity index is 876. The van der Waals surface area contributed by atoms with E-state index in [0.717, 1.165) is 23.4 Å². The Morgan fingerprint density at radius 1 is 1.15 bits per heavy atom. The van der Waals surface area contributed by atoms with E-state index >= 15 is 0 Å². The summed E-state index contributed by atoms with van der Waals surface area (Å²) in [5.74, 6) is -0.241. The summed E-state index contributed by atoms with van der Waals surface area (Å²) < 4.78 is 14.7. The number of nitrogens with zero attached hydrogens (tertiary/aromatic N) is 2. The molecule has 1 aliphatic heterocycles. The molecule has 0 unspecified atom stereocenters. The molecule has 0 atom stereocenters. The van der Waals surface area contributed by atoms with E-state index < -0.39 is 0 Å². The van der Waals surface area contributed by atoms with E-state index in [0.29, 0.717) is 5.56 Å². The number of likely N-dealkylation sites (N-methyl/N-ethyl adjacent to an activating group) is 1. The van der Waals surface area contributed by atoms with Crippen molar-refractivity contribution in [2.24, 2.45) is 4.99 Å². The third-order valence-corrected chi connectivity index (χ3v) is 5.44. The van der Waals surface area contributed by atoms with Gasteiger partial charge in [0, 0.05) is 30.1 Å². The van der Waals surface area contributed by atoms with Gasteiger partial charge in [0.05, 0.1) is 11.2 Å². The number of fused-ring (bicyclic) bond motifs is 1. The second kappa shape index (κ2) is 7.67. The fourth-order valence-electron chi connectivity index (χ4n) is 3.56. The van der Waals surface area contributed by atoms with Crippen molar-refractivity contribution in [1.82, 2.24) is 0 Å². The highest BCUT2D eigenvalue weighted by atomic mass is 19.1. The molecule has 0 amide bonds. The fourth-order valence-corrected chi connectivity index (χ4v) is 3.56. The molecule has 0 N–H and O–H groups in total. The molecule has 0 spiro atoms. The maximum Gasteiger partial charge on any atom is 0.134 e. The van der Waals surface area contributed by atoms with Crippen molar-refractivity contribution >= 4 is 23.2 Å². The van der Waals surface area contributed by atoms with Gasteiger partial charge in [0.25, 0.3) is 0 Å². The number of hydrogen-bond donors (Lipinski definition) is 0. The van der Waals surface area contributed by atoms with Crippen molar-refractivity contribution in [1.29, 1.82) is 0 Å². The van der Waals surface area contributed by atoms with Gasteiger partial charge >= 0.3 is 0 Å². The average Bonchev–Trinajstić information content (AvgIpc) is 2.64. The van der Waals surface area contributed by atoms with E-state index in [-0.39, 0.29) is 11.4 Å². The molecule has 142 valence electrons. The van der Waals surface area contributed by atoms with Crippen LogP contribution in [-0.4, -0.2) is 18.8 Å². The molecule has 0 aromatic heterocycles. The van der Waals surface area contributed by atoms with Crippen LogP contribution in [0.15, 0.2) is 47.5 Å². The topological polar surface area (TPSA) is 15.6 Å². The molecule has 0 bridgehead atoms. The molecule has 0 saturated carbocycles. The number of hydrogen-bond acceptors (Lipinski definition) is 2. The van der Waals surface area contributed by atoms with Gasteiger partial charge in [-0.1, -0.05) is 31.6 Å². The highest BCUT2D eigenvalue weighted by molar-refractivity contribution is 5.89. The number of aryl methyl sites for hydroxylation is 1. The highest BCUT2D eigenvalue weighted by Gasteiger charge is 2.29. The van der Waals surface area contributed by atoms with Gasteiger partial charge in [-0.15, -0.1) is 0 Å². The van der Waals surface area contributed by atoms with Crippen LogP contribution in [0.5, 0.6) is 0 Å². The lowest BCUT2D eigenvalue weighted by atomic mass is 9.88. The van der Waals surface area contributed by atoms with Crippen LogP contribution in [0, 0.1) is 5.82 Å². The first kappa shape index (κ1) is 19.3. The zero-order valence-corrected chi connectivity index (χ0v) is 17.0. The van der Waals surface area contributed by atoms with Crippen LogP contribution in [0.25, 0.3) is 5.57 Å². The molecule has 3 rings (SSSR count). The van der Waals surface area contributed by atoms with Crippen LogP contribution >= 0.6 is 0 Å². The van der Waals surface area contributed by atoms with Gasteiger partial charge in [-0.25, -0.2) is 4.39 Å². The van der Waals surface area contributed by atoms with Crippen LogP contribution in [-0.2, 0) is 6.42 Å². The van der Waals surface area contributed by atoms with E-state index in [1.54, 1.807) is 12.3 Å². The van der Waals surface area contributed by atoms with Crippen molar-refractivity contribution in [2.45, 2.75) is 52.5 Å². The Balaban J connectivity index is 1.86. The average molecular weight is 365 g/mol. The summed E-state index contributed by atoms with van der Waals surface area (Å²) in [4.78, 5) is 6.60. The van der Waals surface area contributed by atoms with E-state index in [9.17, 15) is 4.39 Å². The largest absolute Gasteiger partial charge is 0.365 e. The van der Waals surface area contributed by atoms with Crippen molar-refractivity contribution in [3.8, 4) is 0 Å². The predicted molar refractivity (Wildman–Crippen MR) is 115 cm³/mol. The zero-order valence-electron chi connectivity index (χ0n) is 17.0. The molecule has 2 nitrogen and oxygen atoms in total. The standard InChI is InChI=1S/C24H29FN2/c1-6-7-8-18-9-11-20(12-10-18)26-16-19-13-21-17(2)15-24(3,4)27(5)23(21)14-22(19)25/h9-16H,6-8H2,1-5H3. The Kier molecular flexibility index (Phi) is 5.50. The Hall–Kier alpha value is -2.42. The van der Waals surface area contributed by atoms with Crippen molar-refractivity contribution in [3.63, 3.8) is 0 Å². The first-order chi connectivity index (χ1) is 12.8. The highest BCUT2D eigenvalue weighted by Crippen LogP contribution is 2.38. The molecule has 1 aliphatic rings. The summed E-state index contributed by atoms with van der Waals surface area (Å²) in [5, 5.41) is 0. The molecular formula is C24H29FN2. The Labute approximate surface area is 162 Å². The van der Waals surface area contributed by atoms with Crippen LogP contribution < -0.4 is 4.90 Å². The molecule has 0 saturated heterocycles. The zero-order chi connectivity index (χ0) is 19.6. The van der Waals surface area contributed by atoms with E-state index in [2.05, 4.69) is 55.8 Å². The summed E-state index contributed by atoms with van der Waals surface area (Å²) in [6, 6.07) is 11.7. The minimum absolute atomic E-state index is 0.126. The summed E-state index contributed by atoms with van der Waals surface area (Å²) in [5.41, 5.74) is 5.72. The predicted octanol–water partition coefficient (Wildman–Crippen LogP) is 6.55. The second-order valence-corrected chi connectivity index (χ2v) is 7.96.